The standard InChI is InChI=1S/C12H24N4/c1-4-10(13)8-7-9-16-12(6-3)14-11(5-2)15-16/h10H,4-9,13H2,1-3H3. The molecule has 1 heterocycles. The minimum atomic E-state index is 0.333. The Morgan fingerprint density at radius 3 is 2.56 bits per heavy atom. The van der Waals surface area contributed by atoms with Crippen molar-refractivity contribution in [2.45, 2.75) is 65.5 Å². The van der Waals surface area contributed by atoms with Crippen molar-refractivity contribution in [3.8, 4) is 0 Å². The molecule has 1 atom stereocenters. The highest BCUT2D eigenvalue weighted by Crippen LogP contribution is 2.05. The Morgan fingerprint density at radius 1 is 1.25 bits per heavy atom. The number of rotatable bonds is 7. The van der Waals surface area contributed by atoms with Crippen LogP contribution < -0.4 is 5.73 Å². The van der Waals surface area contributed by atoms with Gasteiger partial charge >= 0.3 is 0 Å². The Kier molecular flexibility index (Phi) is 5.46. The summed E-state index contributed by atoms with van der Waals surface area (Å²) in [5.74, 6) is 2.05. The molecular formula is C12H24N4. The zero-order valence-electron chi connectivity index (χ0n) is 10.7. The summed E-state index contributed by atoms with van der Waals surface area (Å²) in [5, 5.41) is 4.49. The fourth-order valence-corrected chi connectivity index (χ4v) is 1.72. The van der Waals surface area contributed by atoms with Gasteiger partial charge < -0.3 is 5.73 Å². The fraction of sp³-hybridized carbons (Fsp3) is 0.833. The molecular weight excluding hydrogens is 200 g/mol. The smallest absolute Gasteiger partial charge is 0.150 e. The van der Waals surface area contributed by atoms with E-state index in [0.29, 0.717) is 6.04 Å². The molecule has 1 aromatic rings. The van der Waals surface area contributed by atoms with Crippen LogP contribution in [0.15, 0.2) is 0 Å². The number of nitrogens with zero attached hydrogens (tertiary/aromatic N) is 3. The van der Waals surface area contributed by atoms with Gasteiger partial charge in [-0.3, -0.25) is 0 Å². The summed E-state index contributed by atoms with van der Waals surface area (Å²) in [7, 11) is 0. The van der Waals surface area contributed by atoms with Crippen molar-refractivity contribution in [2.75, 3.05) is 0 Å². The van der Waals surface area contributed by atoms with Crippen molar-refractivity contribution in [3.05, 3.63) is 11.6 Å². The van der Waals surface area contributed by atoms with E-state index in [1.807, 2.05) is 4.68 Å². The first-order chi connectivity index (χ1) is 7.71. The average Bonchev–Trinajstić information content (AvgIpc) is 2.71. The van der Waals surface area contributed by atoms with Crippen LogP contribution in [0.25, 0.3) is 0 Å². The molecule has 1 aromatic heterocycles. The zero-order valence-corrected chi connectivity index (χ0v) is 10.7. The minimum Gasteiger partial charge on any atom is -0.328 e. The minimum absolute atomic E-state index is 0.333. The van der Waals surface area contributed by atoms with E-state index in [-0.39, 0.29) is 0 Å². The third-order valence-corrected chi connectivity index (χ3v) is 2.89. The lowest BCUT2D eigenvalue weighted by Crippen LogP contribution is -2.19. The highest BCUT2D eigenvalue weighted by atomic mass is 15.3. The van der Waals surface area contributed by atoms with E-state index in [1.54, 1.807) is 0 Å². The van der Waals surface area contributed by atoms with Gasteiger partial charge in [0, 0.05) is 25.4 Å². The lowest BCUT2D eigenvalue weighted by Gasteiger charge is -2.08. The molecule has 2 N–H and O–H groups in total. The van der Waals surface area contributed by atoms with Gasteiger partial charge in [-0.1, -0.05) is 20.8 Å². The number of nitrogens with two attached hydrogens (primary N) is 1. The molecule has 4 heteroatoms. The van der Waals surface area contributed by atoms with Crippen molar-refractivity contribution >= 4 is 0 Å². The average molecular weight is 224 g/mol. The highest BCUT2D eigenvalue weighted by Gasteiger charge is 2.07. The number of hydrogen-bond donors (Lipinski definition) is 1. The number of hydrogen-bond acceptors (Lipinski definition) is 3. The van der Waals surface area contributed by atoms with Gasteiger partial charge in [0.15, 0.2) is 5.82 Å². The molecule has 4 nitrogen and oxygen atoms in total. The van der Waals surface area contributed by atoms with Crippen molar-refractivity contribution in [3.63, 3.8) is 0 Å². The maximum atomic E-state index is 5.89. The quantitative estimate of drug-likeness (QED) is 0.770. The molecule has 0 aromatic carbocycles. The van der Waals surface area contributed by atoms with E-state index in [0.717, 1.165) is 50.3 Å². The second-order valence-electron chi connectivity index (χ2n) is 4.19. The van der Waals surface area contributed by atoms with E-state index in [2.05, 4.69) is 30.9 Å². The normalized spacial score (nSPS) is 13.0. The molecule has 0 spiro atoms. The first-order valence-electron chi connectivity index (χ1n) is 6.39. The fourth-order valence-electron chi connectivity index (χ4n) is 1.72. The van der Waals surface area contributed by atoms with Gasteiger partial charge in [-0.25, -0.2) is 9.67 Å². The summed E-state index contributed by atoms with van der Waals surface area (Å²) >= 11 is 0. The van der Waals surface area contributed by atoms with Gasteiger partial charge in [0.25, 0.3) is 0 Å². The molecule has 0 aliphatic carbocycles. The van der Waals surface area contributed by atoms with Crippen LogP contribution in [-0.4, -0.2) is 20.8 Å². The maximum absolute atomic E-state index is 5.89. The van der Waals surface area contributed by atoms with E-state index in [4.69, 9.17) is 5.73 Å². The SMILES string of the molecule is CCc1nc(CC)n(CCCC(N)CC)n1. The van der Waals surface area contributed by atoms with Gasteiger partial charge in [0.1, 0.15) is 5.82 Å². The second kappa shape index (κ2) is 6.63. The second-order valence-corrected chi connectivity index (χ2v) is 4.19. The Balaban J connectivity index is 2.49. The Morgan fingerprint density at radius 2 is 2.00 bits per heavy atom. The predicted octanol–water partition coefficient (Wildman–Crippen LogP) is 1.92. The van der Waals surface area contributed by atoms with Gasteiger partial charge in [-0.2, -0.15) is 5.10 Å². The van der Waals surface area contributed by atoms with Crippen LogP contribution >= 0.6 is 0 Å². The molecule has 0 saturated carbocycles. The summed E-state index contributed by atoms with van der Waals surface area (Å²) < 4.78 is 2.04. The van der Waals surface area contributed by atoms with E-state index < -0.39 is 0 Å². The van der Waals surface area contributed by atoms with Crippen molar-refractivity contribution in [1.29, 1.82) is 0 Å². The van der Waals surface area contributed by atoms with Gasteiger partial charge in [-0.15, -0.1) is 0 Å². The number of aromatic nitrogens is 3. The van der Waals surface area contributed by atoms with Crippen LogP contribution in [0.3, 0.4) is 0 Å². The molecule has 0 bridgehead atoms. The molecule has 1 rings (SSSR count). The Hall–Kier alpha value is -0.900. The van der Waals surface area contributed by atoms with Crippen LogP contribution in [0.1, 0.15) is 51.7 Å². The lowest BCUT2D eigenvalue weighted by molar-refractivity contribution is 0.488. The summed E-state index contributed by atoms with van der Waals surface area (Å²) in [5.41, 5.74) is 5.89. The third kappa shape index (κ3) is 3.59. The Labute approximate surface area is 98.2 Å². The summed E-state index contributed by atoms with van der Waals surface area (Å²) in [6.07, 6.45) is 5.08. The van der Waals surface area contributed by atoms with E-state index in [9.17, 15) is 0 Å². The zero-order chi connectivity index (χ0) is 12.0. The number of aryl methyl sites for hydroxylation is 3. The molecule has 0 aliphatic rings. The molecule has 0 radical (unpaired) electrons. The van der Waals surface area contributed by atoms with E-state index in [1.165, 1.54) is 0 Å². The summed E-state index contributed by atoms with van der Waals surface area (Å²) in [6.45, 7) is 7.29. The van der Waals surface area contributed by atoms with Crippen LogP contribution in [-0.2, 0) is 19.4 Å². The summed E-state index contributed by atoms with van der Waals surface area (Å²) in [6, 6.07) is 0.333. The molecule has 0 saturated heterocycles. The van der Waals surface area contributed by atoms with Crippen LogP contribution in [0.4, 0.5) is 0 Å². The van der Waals surface area contributed by atoms with Crippen molar-refractivity contribution in [2.24, 2.45) is 5.73 Å². The highest BCUT2D eigenvalue weighted by molar-refractivity contribution is 4.92. The Bertz CT molecular complexity index is 306. The predicted molar refractivity (Wildman–Crippen MR) is 66.3 cm³/mol. The molecule has 16 heavy (non-hydrogen) atoms. The largest absolute Gasteiger partial charge is 0.328 e. The summed E-state index contributed by atoms with van der Waals surface area (Å²) in [4.78, 5) is 4.49. The molecule has 0 fully saturated rings. The van der Waals surface area contributed by atoms with Crippen LogP contribution in [0.2, 0.25) is 0 Å². The monoisotopic (exact) mass is 224 g/mol. The van der Waals surface area contributed by atoms with Gasteiger partial charge in [0.2, 0.25) is 0 Å². The molecule has 0 aliphatic heterocycles. The first kappa shape index (κ1) is 13.2. The van der Waals surface area contributed by atoms with Crippen molar-refractivity contribution in [1.82, 2.24) is 14.8 Å². The molecule has 1 unspecified atom stereocenters. The topological polar surface area (TPSA) is 56.7 Å². The third-order valence-electron chi connectivity index (χ3n) is 2.89. The van der Waals surface area contributed by atoms with Gasteiger partial charge in [-0.05, 0) is 19.3 Å². The van der Waals surface area contributed by atoms with Crippen LogP contribution in [0, 0.1) is 0 Å². The lowest BCUT2D eigenvalue weighted by atomic mass is 10.1. The van der Waals surface area contributed by atoms with Crippen molar-refractivity contribution < 1.29 is 0 Å². The first-order valence-corrected chi connectivity index (χ1v) is 6.39. The molecule has 0 amide bonds. The van der Waals surface area contributed by atoms with E-state index >= 15 is 0 Å². The van der Waals surface area contributed by atoms with Gasteiger partial charge in [0.05, 0.1) is 0 Å². The van der Waals surface area contributed by atoms with Crippen LogP contribution in [0.5, 0.6) is 0 Å². The maximum Gasteiger partial charge on any atom is 0.150 e. The molecule has 92 valence electrons.